The molecule has 62 heavy (non-hydrogen) atoms. The minimum absolute atomic E-state index is 0.230. The predicted octanol–water partition coefficient (Wildman–Crippen LogP) is 16.8. The average molecular weight is 868 g/mol. The summed E-state index contributed by atoms with van der Waals surface area (Å²) in [5.74, 6) is 1.68. The standard InChI is InChI=1S/C26H18.C24H15Br.C8H15BO2/c1-2-19-21-13-5-7-15-24(21)26(25-16-8-6-14-22(19)25)23-17-9-11-18-10-3-4-12-20(18)23;25-24-21-13-5-3-11-19(21)23(20-12-4-6-14-22(20)24)18-15-7-9-16-8-1-2-10-17(16)18;1-6-9-10-7(2,3)8(4,5)11-9/h2-17H,1H2;1-15H;6H,1H2,2-5H3. The van der Waals surface area contributed by atoms with Gasteiger partial charge in [0.15, 0.2) is 0 Å². The van der Waals surface area contributed by atoms with Gasteiger partial charge >= 0.3 is 7.12 Å². The van der Waals surface area contributed by atoms with E-state index in [2.05, 4.69) is 211 Å². The van der Waals surface area contributed by atoms with Crippen LogP contribution >= 0.6 is 15.9 Å². The lowest BCUT2D eigenvalue weighted by atomic mass is 9.87. The summed E-state index contributed by atoms with van der Waals surface area (Å²) in [6, 6.07) is 65.0. The first kappa shape index (κ1) is 41.1. The van der Waals surface area contributed by atoms with E-state index in [1.54, 1.807) is 5.98 Å². The molecule has 0 spiro atoms. The highest BCUT2D eigenvalue weighted by Gasteiger charge is 2.49. The second-order valence-electron chi connectivity index (χ2n) is 16.8. The molecule has 4 heteroatoms. The Kier molecular flexibility index (Phi) is 11.2. The maximum absolute atomic E-state index is 5.57. The van der Waals surface area contributed by atoms with E-state index >= 15 is 0 Å². The van der Waals surface area contributed by atoms with Crippen molar-refractivity contribution < 1.29 is 9.31 Å². The van der Waals surface area contributed by atoms with Crippen LogP contribution in [0.5, 0.6) is 0 Å². The van der Waals surface area contributed by atoms with Crippen molar-refractivity contribution in [2.45, 2.75) is 38.9 Å². The van der Waals surface area contributed by atoms with Crippen molar-refractivity contribution in [1.29, 1.82) is 0 Å². The van der Waals surface area contributed by atoms with Crippen molar-refractivity contribution in [3.63, 3.8) is 0 Å². The van der Waals surface area contributed by atoms with Gasteiger partial charge in [-0.2, -0.15) is 0 Å². The van der Waals surface area contributed by atoms with E-state index in [0.717, 1.165) is 0 Å². The molecule has 0 amide bonds. The van der Waals surface area contributed by atoms with Gasteiger partial charge in [0.1, 0.15) is 0 Å². The Bertz CT molecular complexity index is 3190. The predicted molar refractivity (Wildman–Crippen MR) is 273 cm³/mol. The molecule has 0 aliphatic carbocycles. The number of halogens is 1. The maximum Gasteiger partial charge on any atom is 0.486 e. The Morgan fingerprint density at radius 3 is 1.06 bits per heavy atom. The van der Waals surface area contributed by atoms with Crippen LogP contribution in [0.4, 0.5) is 0 Å². The fraction of sp³-hybridized carbons (Fsp3) is 0.103. The first-order chi connectivity index (χ1) is 30.1. The van der Waals surface area contributed by atoms with E-state index in [1.807, 2.05) is 33.8 Å². The minimum atomic E-state index is -0.250. The summed E-state index contributed by atoms with van der Waals surface area (Å²) in [5, 5.41) is 15.3. The fourth-order valence-electron chi connectivity index (χ4n) is 8.91. The van der Waals surface area contributed by atoms with Gasteiger partial charge in [-0.25, -0.2) is 0 Å². The summed E-state index contributed by atoms with van der Waals surface area (Å²) in [4.78, 5) is 0. The quantitative estimate of drug-likeness (QED) is 0.130. The molecule has 10 aromatic rings. The molecule has 0 saturated carbocycles. The third-order valence-electron chi connectivity index (χ3n) is 12.6. The molecule has 0 atom stereocenters. The number of hydrogen-bond donors (Lipinski definition) is 0. The molecule has 0 bridgehead atoms. The summed E-state index contributed by atoms with van der Waals surface area (Å²) in [7, 11) is -0.250. The Morgan fingerprint density at radius 1 is 0.403 bits per heavy atom. The monoisotopic (exact) mass is 866 g/mol. The van der Waals surface area contributed by atoms with Gasteiger partial charge in [-0.3, -0.25) is 0 Å². The summed E-state index contributed by atoms with van der Waals surface area (Å²) in [6.07, 6.45) is 1.98. The van der Waals surface area contributed by atoms with Crippen LogP contribution in [0.1, 0.15) is 33.3 Å². The van der Waals surface area contributed by atoms with Crippen molar-refractivity contribution in [2.75, 3.05) is 0 Å². The first-order valence-corrected chi connectivity index (χ1v) is 22.0. The molecule has 2 nitrogen and oxygen atoms in total. The van der Waals surface area contributed by atoms with Crippen LogP contribution in [0.25, 0.3) is 93.0 Å². The number of fused-ring (bicyclic) bond motifs is 6. The molecule has 1 fully saturated rings. The Balaban J connectivity index is 0.000000128. The summed E-state index contributed by atoms with van der Waals surface area (Å²) in [6.45, 7) is 15.8. The van der Waals surface area contributed by atoms with Crippen molar-refractivity contribution in [3.8, 4) is 22.3 Å². The SMILES string of the molecule is Brc1c2ccccc2c(-c2cccc3ccccc23)c2ccccc12.C=CB1OC(C)(C)C(C)(C)O1.C=Cc1c2ccccc2c(-c2cccc3ccccc23)c2ccccc12. The smallest absolute Gasteiger partial charge is 0.400 e. The van der Waals surface area contributed by atoms with Gasteiger partial charge in [0.2, 0.25) is 0 Å². The molecule has 1 saturated heterocycles. The van der Waals surface area contributed by atoms with Gasteiger partial charge in [-0.1, -0.05) is 201 Å². The first-order valence-electron chi connectivity index (χ1n) is 21.2. The molecule has 10 aromatic carbocycles. The zero-order valence-electron chi connectivity index (χ0n) is 35.7. The van der Waals surface area contributed by atoms with Crippen LogP contribution in [0.3, 0.4) is 0 Å². The topological polar surface area (TPSA) is 18.5 Å². The lowest BCUT2D eigenvalue weighted by molar-refractivity contribution is 0.00578. The van der Waals surface area contributed by atoms with E-state index in [4.69, 9.17) is 9.31 Å². The van der Waals surface area contributed by atoms with Crippen LogP contribution in [0.2, 0.25) is 0 Å². The molecule has 11 rings (SSSR count). The number of rotatable bonds is 4. The molecule has 1 aliphatic rings. The molecule has 0 aromatic heterocycles. The highest BCUT2D eigenvalue weighted by molar-refractivity contribution is 9.10. The maximum atomic E-state index is 5.57. The van der Waals surface area contributed by atoms with E-state index in [-0.39, 0.29) is 18.3 Å². The fourth-order valence-corrected chi connectivity index (χ4v) is 9.60. The minimum Gasteiger partial charge on any atom is -0.400 e. The van der Waals surface area contributed by atoms with E-state index in [0.29, 0.717) is 0 Å². The van der Waals surface area contributed by atoms with Gasteiger partial charge in [-0.15, -0.1) is 6.58 Å². The summed E-state index contributed by atoms with van der Waals surface area (Å²) >= 11 is 3.84. The molecule has 1 aliphatic heterocycles. The highest BCUT2D eigenvalue weighted by atomic mass is 79.9. The average Bonchev–Trinajstić information content (AvgIpc) is 3.53. The van der Waals surface area contributed by atoms with Gasteiger partial charge in [-0.05, 0) is 136 Å². The van der Waals surface area contributed by atoms with Crippen LogP contribution in [-0.4, -0.2) is 18.3 Å². The lowest BCUT2D eigenvalue weighted by Crippen LogP contribution is -2.41. The highest BCUT2D eigenvalue weighted by Crippen LogP contribution is 2.44. The van der Waals surface area contributed by atoms with Crippen LogP contribution < -0.4 is 0 Å². The van der Waals surface area contributed by atoms with Gasteiger partial charge in [0.05, 0.1) is 11.2 Å². The number of benzene rings is 10. The Hall–Kier alpha value is -6.30. The van der Waals surface area contributed by atoms with Crippen molar-refractivity contribution in [3.05, 3.63) is 211 Å². The molecular formula is C58H48BBrO2. The van der Waals surface area contributed by atoms with Crippen molar-refractivity contribution in [2.24, 2.45) is 0 Å². The third-order valence-corrected chi connectivity index (χ3v) is 13.5. The van der Waals surface area contributed by atoms with Gasteiger partial charge in [0, 0.05) is 4.47 Å². The molecule has 302 valence electrons. The second kappa shape index (κ2) is 16.9. The normalized spacial score (nSPS) is 14.1. The molecule has 0 radical (unpaired) electrons. The lowest BCUT2D eigenvalue weighted by Gasteiger charge is -2.32. The van der Waals surface area contributed by atoms with Crippen LogP contribution in [0.15, 0.2) is 206 Å². The summed E-state index contributed by atoms with van der Waals surface area (Å²) in [5.41, 5.74) is 5.94. The zero-order valence-corrected chi connectivity index (χ0v) is 37.2. The number of hydrogen-bond acceptors (Lipinski definition) is 2. The molecule has 0 unspecified atom stereocenters. The Labute approximate surface area is 373 Å². The summed E-state index contributed by atoms with van der Waals surface area (Å²) < 4.78 is 12.3. The largest absolute Gasteiger partial charge is 0.486 e. The van der Waals surface area contributed by atoms with Crippen LogP contribution in [0, 0.1) is 0 Å². The van der Waals surface area contributed by atoms with Crippen molar-refractivity contribution in [1.82, 2.24) is 0 Å². The molecule has 0 N–H and O–H groups in total. The van der Waals surface area contributed by atoms with E-state index in [9.17, 15) is 0 Å². The van der Waals surface area contributed by atoms with Crippen LogP contribution in [-0.2, 0) is 9.31 Å². The van der Waals surface area contributed by atoms with E-state index < -0.39 is 0 Å². The van der Waals surface area contributed by atoms with E-state index in [1.165, 1.54) is 96.9 Å². The molecular weight excluding hydrogens is 819 g/mol. The Morgan fingerprint density at radius 2 is 0.710 bits per heavy atom. The third kappa shape index (κ3) is 7.33. The zero-order chi connectivity index (χ0) is 43.0. The second-order valence-corrected chi connectivity index (χ2v) is 17.6. The molecule has 1 heterocycles. The van der Waals surface area contributed by atoms with Crippen molar-refractivity contribution >= 4 is 93.8 Å². The van der Waals surface area contributed by atoms with Gasteiger partial charge < -0.3 is 9.31 Å². The van der Waals surface area contributed by atoms with Gasteiger partial charge in [0.25, 0.3) is 0 Å².